The van der Waals surface area contributed by atoms with Gasteiger partial charge in [-0.3, -0.25) is 4.57 Å². The zero-order valence-electron chi connectivity index (χ0n) is 15.2. The maximum atomic E-state index is 12.1. The largest absolute Gasteiger partial charge is 0.394 e. The number of ether oxygens (including phenoxy) is 1. The van der Waals surface area contributed by atoms with Crippen LogP contribution in [0.1, 0.15) is 22.8 Å². The molecule has 5 atom stereocenters. The minimum Gasteiger partial charge on any atom is -0.394 e. The summed E-state index contributed by atoms with van der Waals surface area (Å²) in [6, 6.07) is 13.0. The summed E-state index contributed by atoms with van der Waals surface area (Å²) in [6.07, 6.45) is -7.62. The van der Waals surface area contributed by atoms with Crippen molar-refractivity contribution in [1.29, 1.82) is 0 Å². The third-order valence-electron chi connectivity index (χ3n) is 4.69. The highest BCUT2D eigenvalue weighted by atomic mass is 31.2. The third-order valence-corrected chi connectivity index (χ3v) is 5.71. The Hall–Kier alpha value is -2.05. The molecular weight excluding hydrogens is 399 g/mol. The summed E-state index contributed by atoms with van der Waals surface area (Å²) in [4.78, 5) is 19.6. The highest BCUT2D eigenvalue weighted by Crippen LogP contribution is 2.41. The Bertz CT molecular complexity index is 959. The normalized spacial score (nSPS) is 27.2. The Morgan fingerprint density at radius 1 is 0.897 bits per heavy atom. The van der Waals surface area contributed by atoms with Crippen molar-refractivity contribution in [2.45, 2.75) is 30.5 Å². The summed E-state index contributed by atoms with van der Waals surface area (Å²) in [5.41, 5.74) is 0.744. The van der Waals surface area contributed by atoms with Crippen LogP contribution in [0.4, 0.5) is 0 Å². The van der Waals surface area contributed by atoms with E-state index < -0.39 is 50.0 Å². The molecule has 0 saturated carbocycles. The van der Waals surface area contributed by atoms with Crippen molar-refractivity contribution in [3.63, 3.8) is 0 Å². The summed E-state index contributed by atoms with van der Waals surface area (Å²) in [5.74, 6) is 5.71. The van der Waals surface area contributed by atoms with E-state index in [1.165, 1.54) is 18.2 Å². The second-order valence-electron chi connectivity index (χ2n) is 6.65. The topological polar surface area (TPSA) is 148 Å². The quantitative estimate of drug-likeness (QED) is 0.285. The monoisotopic (exact) mass is 420 g/mol. The molecule has 2 aromatic carbocycles. The van der Waals surface area contributed by atoms with Crippen LogP contribution in [-0.4, -0.2) is 61.2 Å². The lowest BCUT2D eigenvalue weighted by atomic mass is 9.89. The van der Waals surface area contributed by atoms with Gasteiger partial charge in [-0.1, -0.05) is 36.1 Å². The molecule has 1 saturated heterocycles. The summed E-state index contributed by atoms with van der Waals surface area (Å²) < 4.78 is 17.6. The van der Waals surface area contributed by atoms with Gasteiger partial charge in [-0.2, -0.15) is 0 Å². The van der Waals surface area contributed by atoms with Gasteiger partial charge < -0.3 is 34.9 Å². The fourth-order valence-corrected chi connectivity index (χ4v) is 4.06. The number of aliphatic hydroxyl groups is 4. The molecule has 0 amide bonds. The predicted octanol–water partition coefficient (Wildman–Crippen LogP) is -0.596. The molecule has 1 aliphatic rings. The molecule has 8 nitrogen and oxygen atoms in total. The molecule has 0 aromatic heterocycles. The van der Waals surface area contributed by atoms with E-state index >= 15 is 0 Å². The zero-order chi connectivity index (χ0) is 21.2. The standard InChI is InChI=1S/C20H21O8P/c21-11-14-17(22)18(23)19(24)20(28-14)16-13(7-4-8-15(16)29(25,26)27)10-9-12-5-2-1-3-6-12/h1-8,14,17-24H,11H2,(H2,25,26,27)/t14-,17-,18+,19+,20?/m1/s1. The molecule has 6 N–H and O–H groups in total. The molecule has 1 heterocycles. The highest BCUT2D eigenvalue weighted by molar-refractivity contribution is 7.60. The number of hydrogen-bond donors (Lipinski definition) is 6. The Kier molecular flexibility index (Phi) is 6.54. The molecule has 154 valence electrons. The van der Waals surface area contributed by atoms with Crippen molar-refractivity contribution in [2.24, 2.45) is 0 Å². The summed E-state index contributed by atoms with van der Waals surface area (Å²) in [7, 11) is -4.80. The van der Waals surface area contributed by atoms with Gasteiger partial charge in [0.1, 0.15) is 30.5 Å². The van der Waals surface area contributed by atoms with Crippen molar-refractivity contribution >= 4 is 12.9 Å². The maximum absolute atomic E-state index is 12.1. The van der Waals surface area contributed by atoms with E-state index in [4.69, 9.17) is 4.74 Å². The first-order valence-corrected chi connectivity index (χ1v) is 10.4. The van der Waals surface area contributed by atoms with E-state index in [0.29, 0.717) is 5.56 Å². The van der Waals surface area contributed by atoms with E-state index in [1.807, 2.05) is 6.07 Å². The Balaban J connectivity index is 2.15. The molecule has 2 aromatic rings. The van der Waals surface area contributed by atoms with E-state index in [9.17, 15) is 34.8 Å². The maximum Gasteiger partial charge on any atom is 0.356 e. The Morgan fingerprint density at radius 2 is 1.59 bits per heavy atom. The number of rotatable bonds is 3. The van der Waals surface area contributed by atoms with Crippen LogP contribution in [0.5, 0.6) is 0 Å². The van der Waals surface area contributed by atoms with Gasteiger partial charge in [-0.05, 0) is 24.3 Å². The molecule has 0 radical (unpaired) electrons. The van der Waals surface area contributed by atoms with Crippen LogP contribution in [0.15, 0.2) is 48.5 Å². The van der Waals surface area contributed by atoms with E-state index in [2.05, 4.69) is 11.8 Å². The molecule has 0 aliphatic carbocycles. The Morgan fingerprint density at radius 3 is 2.21 bits per heavy atom. The van der Waals surface area contributed by atoms with Gasteiger partial charge >= 0.3 is 7.60 Å². The van der Waals surface area contributed by atoms with Gasteiger partial charge in [0, 0.05) is 16.7 Å². The molecule has 29 heavy (non-hydrogen) atoms. The van der Waals surface area contributed by atoms with Crippen LogP contribution in [0, 0.1) is 11.8 Å². The van der Waals surface area contributed by atoms with Gasteiger partial charge in [-0.15, -0.1) is 0 Å². The smallest absolute Gasteiger partial charge is 0.356 e. The van der Waals surface area contributed by atoms with Gasteiger partial charge in [0.25, 0.3) is 0 Å². The Labute approximate surface area is 167 Å². The SMILES string of the molecule is O=P(O)(O)c1cccc(C#Cc2ccccc2)c1C1O[C@H](CO)[C@@H](O)[C@H](O)[C@@H]1O. The molecule has 1 unspecified atom stereocenters. The van der Waals surface area contributed by atoms with Gasteiger partial charge in [0.05, 0.1) is 11.9 Å². The second-order valence-corrected chi connectivity index (χ2v) is 8.22. The van der Waals surface area contributed by atoms with Crippen LogP contribution in [0.2, 0.25) is 0 Å². The van der Waals surface area contributed by atoms with E-state index in [0.717, 1.165) is 0 Å². The summed E-state index contributed by atoms with van der Waals surface area (Å²) in [6.45, 7) is -0.662. The van der Waals surface area contributed by atoms with Gasteiger partial charge in [-0.25, -0.2) is 0 Å². The molecule has 9 heteroatoms. The van der Waals surface area contributed by atoms with Crippen LogP contribution in [0.3, 0.4) is 0 Å². The molecule has 0 spiro atoms. The number of hydrogen-bond acceptors (Lipinski definition) is 6. The van der Waals surface area contributed by atoms with Crippen molar-refractivity contribution < 1.29 is 39.5 Å². The van der Waals surface area contributed by atoms with Crippen LogP contribution in [0.25, 0.3) is 0 Å². The number of aliphatic hydroxyl groups excluding tert-OH is 4. The van der Waals surface area contributed by atoms with Crippen LogP contribution >= 0.6 is 7.60 Å². The lowest BCUT2D eigenvalue weighted by Gasteiger charge is -2.41. The van der Waals surface area contributed by atoms with Crippen molar-refractivity contribution in [1.82, 2.24) is 0 Å². The van der Waals surface area contributed by atoms with E-state index in [-0.39, 0.29) is 11.1 Å². The third kappa shape index (κ3) is 4.59. The second kappa shape index (κ2) is 8.76. The highest BCUT2D eigenvalue weighted by Gasteiger charge is 2.46. The lowest BCUT2D eigenvalue weighted by Crippen LogP contribution is -2.55. The molecule has 0 bridgehead atoms. The minimum absolute atomic E-state index is 0.0961. The minimum atomic E-state index is -4.80. The van der Waals surface area contributed by atoms with Crippen molar-refractivity contribution in [3.8, 4) is 11.8 Å². The molecule has 3 rings (SSSR count). The summed E-state index contributed by atoms with van der Waals surface area (Å²) >= 11 is 0. The van der Waals surface area contributed by atoms with E-state index in [1.54, 1.807) is 24.3 Å². The molecular formula is C20H21O8P. The first-order chi connectivity index (χ1) is 13.7. The lowest BCUT2D eigenvalue weighted by molar-refractivity contribution is -0.231. The van der Waals surface area contributed by atoms with Gasteiger partial charge in [0.15, 0.2) is 0 Å². The fraction of sp³-hybridized carbons (Fsp3) is 0.300. The average Bonchev–Trinajstić information content (AvgIpc) is 2.71. The predicted molar refractivity (Wildman–Crippen MR) is 103 cm³/mol. The molecule has 1 fully saturated rings. The van der Waals surface area contributed by atoms with Gasteiger partial charge in [0.2, 0.25) is 0 Å². The average molecular weight is 420 g/mol. The van der Waals surface area contributed by atoms with Crippen LogP contribution < -0.4 is 5.30 Å². The number of benzene rings is 2. The van der Waals surface area contributed by atoms with Crippen molar-refractivity contribution in [2.75, 3.05) is 6.61 Å². The van der Waals surface area contributed by atoms with Crippen LogP contribution in [-0.2, 0) is 9.30 Å². The van der Waals surface area contributed by atoms with Crippen molar-refractivity contribution in [3.05, 3.63) is 65.2 Å². The fourth-order valence-electron chi connectivity index (χ4n) is 3.22. The zero-order valence-corrected chi connectivity index (χ0v) is 16.1. The molecule has 1 aliphatic heterocycles. The first-order valence-electron chi connectivity index (χ1n) is 8.80. The summed E-state index contributed by atoms with van der Waals surface area (Å²) in [5, 5.41) is 39.6. The first kappa shape index (κ1) is 21.7.